The molecule has 0 aliphatic heterocycles. The molecule has 1 amide bonds. The number of hydrogen-bond acceptors (Lipinski definition) is 7. The Morgan fingerprint density at radius 1 is 1.00 bits per heavy atom. The fourth-order valence-electron chi connectivity index (χ4n) is 4.20. The van der Waals surface area contributed by atoms with E-state index in [1.165, 1.54) is 18.6 Å². The van der Waals surface area contributed by atoms with Crippen molar-refractivity contribution in [2.75, 3.05) is 5.32 Å². The molecule has 2 aromatic carbocycles. The first-order chi connectivity index (χ1) is 20.2. The molecule has 13 heteroatoms. The molecule has 0 unspecified atom stereocenters. The predicted molar refractivity (Wildman–Crippen MR) is 146 cm³/mol. The lowest BCUT2D eigenvalue weighted by Crippen LogP contribution is -2.41. The van der Waals surface area contributed by atoms with Crippen molar-refractivity contribution >= 4 is 28.6 Å². The van der Waals surface area contributed by atoms with E-state index in [0.717, 1.165) is 10.1 Å². The number of fused-ring (bicyclic) bond motifs is 1. The SMILES string of the molecule is O=C(Cn1c(-c2ccccc2)cnc(NCc2ccccc2)c1=O)N(Cc1cc2cnccc2[nH]1)OC(=O)C(F)(F)F. The highest BCUT2D eigenvalue weighted by Gasteiger charge is 2.43. The normalized spacial score (nSPS) is 11.3. The fraction of sp³-hybridized carbons (Fsp3) is 0.138. The van der Waals surface area contributed by atoms with E-state index in [4.69, 9.17) is 0 Å². The molecule has 3 aromatic heterocycles. The molecule has 42 heavy (non-hydrogen) atoms. The zero-order chi connectivity index (χ0) is 29.7. The number of nitrogens with one attached hydrogen (secondary N) is 2. The fourth-order valence-corrected chi connectivity index (χ4v) is 4.20. The Kier molecular flexibility index (Phi) is 8.00. The van der Waals surface area contributed by atoms with Gasteiger partial charge in [0.15, 0.2) is 5.82 Å². The van der Waals surface area contributed by atoms with Gasteiger partial charge in [-0.2, -0.15) is 18.2 Å². The quantitative estimate of drug-likeness (QED) is 0.262. The first-order valence-electron chi connectivity index (χ1n) is 12.6. The molecule has 0 fully saturated rings. The Bertz CT molecular complexity index is 1740. The molecular weight excluding hydrogens is 553 g/mol. The van der Waals surface area contributed by atoms with E-state index in [2.05, 4.69) is 25.1 Å². The molecule has 0 spiro atoms. The van der Waals surface area contributed by atoms with Crippen molar-refractivity contribution < 1.29 is 27.6 Å². The summed E-state index contributed by atoms with van der Waals surface area (Å²) in [6.45, 7) is -1.04. The average Bonchev–Trinajstić information content (AvgIpc) is 3.40. The summed E-state index contributed by atoms with van der Waals surface area (Å²) >= 11 is 0. The molecule has 0 aliphatic rings. The Morgan fingerprint density at radius 3 is 2.40 bits per heavy atom. The topological polar surface area (TPSA) is 122 Å². The minimum absolute atomic E-state index is 0.0757. The van der Waals surface area contributed by atoms with Crippen LogP contribution in [-0.2, 0) is 34.1 Å². The summed E-state index contributed by atoms with van der Waals surface area (Å²) in [4.78, 5) is 54.5. The summed E-state index contributed by atoms with van der Waals surface area (Å²) in [5, 5.41) is 3.86. The predicted octanol–water partition coefficient (Wildman–Crippen LogP) is 4.45. The van der Waals surface area contributed by atoms with Crippen LogP contribution in [-0.4, -0.2) is 42.6 Å². The van der Waals surface area contributed by atoms with Gasteiger partial charge >= 0.3 is 12.1 Å². The first kappa shape index (κ1) is 28.1. The van der Waals surface area contributed by atoms with Crippen LogP contribution in [0.3, 0.4) is 0 Å². The lowest BCUT2D eigenvalue weighted by Gasteiger charge is -2.23. The number of amides is 1. The van der Waals surface area contributed by atoms with Crippen LogP contribution in [0.2, 0.25) is 0 Å². The summed E-state index contributed by atoms with van der Waals surface area (Å²) in [6.07, 6.45) is -0.941. The van der Waals surface area contributed by atoms with Gasteiger partial charge in [0.05, 0.1) is 18.4 Å². The Hall–Kier alpha value is -5.46. The highest BCUT2D eigenvalue weighted by molar-refractivity contribution is 5.82. The highest BCUT2D eigenvalue weighted by atomic mass is 19.4. The van der Waals surface area contributed by atoms with Gasteiger partial charge in [0, 0.05) is 35.5 Å². The van der Waals surface area contributed by atoms with E-state index >= 15 is 0 Å². The number of halogens is 3. The number of aromatic amines is 1. The van der Waals surface area contributed by atoms with E-state index in [-0.39, 0.29) is 28.8 Å². The second-order valence-corrected chi connectivity index (χ2v) is 9.15. The number of carbonyl (C=O) groups excluding carboxylic acids is 2. The molecule has 0 bridgehead atoms. The zero-order valence-electron chi connectivity index (χ0n) is 21.8. The van der Waals surface area contributed by atoms with Crippen LogP contribution in [0.15, 0.2) is 96.2 Å². The van der Waals surface area contributed by atoms with Gasteiger partial charge in [-0.1, -0.05) is 60.7 Å². The molecule has 214 valence electrons. The van der Waals surface area contributed by atoms with Gasteiger partial charge in [-0.15, -0.1) is 0 Å². The van der Waals surface area contributed by atoms with Crippen molar-refractivity contribution in [1.29, 1.82) is 0 Å². The standard InChI is InChI=1S/C29H23F3N6O4/c30-29(31,32)28(41)42-38(17-22-13-21-15-33-12-11-23(21)36-22)25(39)18-37-24(20-9-5-2-6-10-20)16-35-26(27(37)40)34-14-19-7-3-1-4-8-19/h1-13,15-16,36H,14,17-18H2,(H,34,35). The van der Waals surface area contributed by atoms with Crippen molar-refractivity contribution in [2.45, 2.75) is 25.8 Å². The van der Waals surface area contributed by atoms with Crippen LogP contribution in [0.1, 0.15) is 11.3 Å². The van der Waals surface area contributed by atoms with Gasteiger partial charge < -0.3 is 15.1 Å². The van der Waals surface area contributed by atoms with Crippen molar-refractivity contribution in [3.8, 4) is 11.3 Å². The second kappa shape index (κ2) is 12.0. The summed E-state index contributed by atoms with van der Waals surface area (Å²) in [6, 6.07) is 21.0. The molecular formula is C29H23F3N6O4. The number of hydroxylamine groups is 2. The van der Waals surface area contributed by atoms with Crippen LogP contribution < -0.4 is 10.9 Å². The largest absolute Gasteiger partial charge is 0.493 e. The Labute approximate surface area is 236 Å². The maximum atomic E-state index is 13.6. The first-order valence-corrected chi connectivity index (χ1v) is 12.6. The van der Waals surface area contributed by atoms with Gasteiger partial charge in [0.25, 0.3) is 11.5 Å². The van der Waals surface area contributed by atoms with E-state index in [0.29, 0.717) is 16.5 Å². The molecule has 2 N–H and O–H groups in total. The number of hydrogen-bond donors (Lipinski definition) is 2. The minimum atomic E-state index is -5.36. The number of nitrogens with zero attached hydrogens (tertiary/aromatic N) is 4. The third kappa shape index (κ3) is 6.46. The number of H-pyrrole nitrogens is 1. The zero-order valence-corrected chi connectivity index (χ0v) is 21.8. The molecule has 0 saturated heterocycles. The number of carbonyl (C=O) groups is 2. The molecule has 5 rings (SSSR count). The molecule has 5 aromatic rings. The van der Waals surface area contributed by atoms with Gasteiger partial charge in [0.1, 0.15) is 6.54 Å². The van der Waals surface area contributed by atoms with E-state index in [1.54, 1.807) is 42.5 Å². The monoisotopic (exact) mass is 576 g/mol. The van der Waals surface area contributed by atoms with E-state index in [9.17, 15) is 27.6 Å². The highest BCUT2D eigenvalue weighted by Crippen LogP contribution is 2.22. The molecule has 0 atom stereocenters. The second-order valence-electron chi connectivity index (χ2n) is 9.15. The van der Waals surface area contributed by atoms with Crippen LogP contribution in [0.25, 0.3) is 22.2 Å². The molecule has 10 nitrogen and oxygen atoms in total. The minimum Gasteiger partial charge on any atom is -0.361 e. The molecule has 0 aliphatic carbocycles. The van der Waals surface area contributed by atoms with Crippen LogP contribution in [0.5, 0.6) is 0 Å². The molecule has 0 saturated carbocycles. The third-order valence-corrected chi connectivity index (χ3v) is 6.21. The number of pyridine rings is 1. The van der Waals surface area contributed by atoms with Gasteiger partial charge in [-0.25, -0.2) is 9.78 Å². The lowest BCUT2D eigenvalue weighted by atomic mass is 10.1. The number of alkyl halides is 3. The number of rotatable bonds is 8. The Morgan fingerprint density at radius 2 is 1.71 bits per heavy atom. The lowest BCUT2D eigenvalue weighted by molar-refractivity contribution is -0.239. The number of benzene rings is 2. The van der Waals surface area contributed by atoms with Crippen molar-refractivity contribution in [2.24, 2.45) is 0 Å². The summed E-state index contributed by atoms with van der Waals surface area (Å²) in [7, 11) is 0. The van der Waals surface area contributed by atoms with Crippen molar-refractivity contribution in [3.05, 3.63) is 113 Å². The Balaban J connectivity index is 1.48. The number of anilines is 1. The third-order valence-electron chi connectivity index (χ3n) is 6.21. The smallest absolute Gasteiger partial charge is 0.361 e. The number of aromatic nitrogens is 4. The summed E-state index contributed by atoms with van der Waals surface area (Å²) in [5.41, 5.74) is 1.83. The van der Waals surface area contributed by atoms with Crippen LogP contribution >= 0.6 is 0 Å². The summed E-state index contributed by atoms with van der Waals surface area (Å²) < 4.78 is 40.5. The average molecular weight is 577 g/mol. The van der Waals surface area contributed by atoms with Gasteiger partial charge in [-0.3, -0.25) is 19.1 Å². The van der Waals surface area contributed by atoms with Gasteiger partial charge in [0.2, 0.25) is 0 Å². The molecule has 3 heterocycles. The van der Waals surface area contributed by atoms with Crippen molar-refractivity contribution in [1.82, 2.24) is 24.6 Å². The maximum absolute atomic E-state index is 13.6. The van der Waals surface area contributed by atoms with E-state index in [1.807, 2.05) is 30.3 Å². The van der Waals surface area contributed by atoms with Gasteiger partial charge in [-0.05, 0) is 23.3 Å². The maximum Gasteiger partial charge on any atom is 0.493 e. The van der Waals surface area contributed by atoms with Crippen LogP contribution in [0.4, 0.5) is 19.0 Å². The molecule has 0 radical (unpaired) electrons. The van der Waals surface area contributed by atoms with Crippen molar-refractivity contribution in [3.63, 3.8) is 0 Å². The van der Waals surface area contributed by atoms with E-state index < -0.39 is 36.7 Å². The summed E-state index contributed by atoms with van der Waals surface area (Å²) in [5.74, 6) is -3.73. The van der Waals surface area contributed by atoms with Crippen LogP contribution in [0, 0.1) is 0 Å².